The number of esters is 2. The third-order valence-electron chi connectivity index (χ3n) is 7.52. The quantitative estimate of drug-likeness (QED) is 0.212. The van der Waals surface area contributed by atoms with E-state index in [1.54, 1.807) is 49.9 Å². The second-order valence-corrected chi connectivity index (χ2v) is 12.0. The molecule has 0 unspecified atom stereocenters. The molecule has 3 aromatic carbocycles. The van der Waals surface area contributed by atoms with E-state index < -0.39 is 29.4 Å². The first-order valence-electron chi connectivity index (χ1n) is 14.4. The molecular weight excluding hydrogens is 611 g/mol. The SMILES string of the molecule is CCOC(=O)CN1C(=O)/C(=c2/sc3n(c2=O)[C@@H](c2ccc(SC)cc2)C(C(=O)OCC)=C(c2ccccc2)N=3)c2ccccc21. The molecule has 1 amide bonds. The Labute approximate surface area is 267 Å². The number of thioether (sulfide) groups is 1. The summed E-state index contributed by atoms with van der Waals surface area (Å²) in [6.45, 7) is 3.45. The zero-order valence-corrected chi connectivity index (χ0v) is 26.4. The van der Waals surface area contributed by atoms with Crippen molar-refractivity contribution in [3.8, 4) is 0 Å². The molecule has 2 aliphatic rings. The molecule has 0 saturated carbocycles. The summed E-state index contributed by atoms with van der Waals surface area (Å²) in [6.07, 6.45) is 1.97. The molecule has 0 radical (unpaired) electrons. The Bertz CT molecular complexity index is 2030. The molecule has 6 rings (SSSR count). The number of anilines is 1. The second-order valence-electron chi connectivity index (χ2n) is 10.1. The lowest BCUT2D eigenvalue weighted by Crippen LogP contribution is -2.41. The van der Waals surface area contributed by atoms with Crippen molar-refractivity contribution in [3.63, 3.8) is 0 Å². The van der Waals surface area contributed by atoms with Crippen LogP contribution in [0.1, 0.15) is 36.6 Å². The van der Waals surface area contributed by atoms with E-state index in [-0.39, 0.29) is 35.4 Å². The van der Waals surface area contributed by atoms with Crippen LogP contribution in [0.5, 0.6) is 0 Å². The lowest BCUT2D eigenvalue weighted by Gasteiger charge is -2.26. The normalized spacial score (nSPS) is 16.6. The molecule has 3 heterocycles. The van der Waals surface area contributed by atoms with E-state index >= 15 is 0 Å². The van der Waals surface area contributed by atoms with Gasteiger partial charge in [0.2, 0.25) is 0 Å². The first-order chi connectivity index (χ1) is 21.9. The zero-order valence-electron chi connectivity index (χ0n) is 24.8. The number of nitrogens with zero attached hydrogens (tertiary/aromatic N) is 3. The number of carbonyl (C=O) groups is 3. The fourth-order valence-electron chi connectivity index (χ4n) is 5.58. The van der Waals surface area contributed by atoms with Gasteiger partial charge >= 0.3 is 11.9 Å². The highest BCUT2D eigenvalue weighted by molar-refractivity contribution is 7.98. The predicted octanol–water partition coefficient (Wildman–Crippen LogP) is 3.94. The molecule has 228 valence electrons. The van der Waals surface area contributed by atoms with Gasteiger partial charge in [0.15, 0.2) is 4.80 Å². The van der Waals surface area contributed by atoms with E-state index in [9.17, 15) is 19.2 Å². The summed E-state index contributed by atoms with van der Waals surface area (Å²) < 4.78 is 12.3. The molecule has 1 atom stereocenters. The topological polar surface area (TPSA) is 107 Å². The van der Waals surface area contributed by atoms with Crippen LogP contribution in [0.25, 0.3) is 11.3 Å². The number of amides is 1. The Kier molecular flexibility index (Phi) is 8.55. The van der Waals surface area contributed by atoms with Crippen LogP contribution in [0.4, 0.5) is 5.69 Å². The predicted molar refractivity (Wildman–Crippen MR) is 174 cm³/mol. The van der Waals surface area contributed by atoms with Gasteiger partial charge < -0.3 is 9.47 Å². The van der Waals surface area contributed by atoms with Crippen LogP contribution in [0.15, 0.2) is 99.1 Å². The van der Waals surface area contributed by atoms with Crippen molar-refractivity contribution < 1.29 is 23.9 Å². The van der Waals surface area contributed by atoms with Crippen LogP contribution in [-0.4, -0.2) is 48.4 Å². The largest absolute Gasteiger partial charge is 0.465 e. The van der Waals surface area contributed by atoms with Crippen molar-refractivity contribution in [2.75, 3.05) is 30.9 Å². The summed E-state index contributed by atoms with van der Waals surface area (Å²) in [5, 5.41) is 0. The Morgan fingerprint density at radius 1 is 0.911 bits per heavy atom. The van der Waals surface area contributed by atoms with Gasteiger partial charge in [-0.2, -0.15) is 0 Å². The number of carbonyl (C=O) groups excluding carboxylic acids is 3. The van der Waals surface area contributed by atoms with Crippen molar-refractivity contribution >= 4 is 57.9 Å². The number of ether oxygens (including phenoxy) is 2. The highest BCUT2D eigenvalue weighted by Crippen LogP contribution is 2.37. The molecule has 1 aromatic heterocycles. The summed E-state index contributed by atoms with van der Waals surface area (Å²) in [5.74, 6) is -1.62. The van der Waals surface area contributed by atoms with Crippen LogP contribution < -0.4 is 19.8 Å². The molecule has 0 N–H and O–H groups in total. The molecule has 0 spiro atoms. The smallest absolute Gasteiger partial charge is 0.338 e. The number of para-hydroxylation sites is 1. The average molecular weight is 640 g/mol. The number of rotatable bonds is 8. The van der Waals surface area contributed by atoms with Gasteiger partial charge in [-0.15, -0.1) is 11.8 Å². The highest BCUT2D eigenvalue weighted by atomic mass is 32.2. The van der Waals surface area contributed by atoms with Gasteiger partial charge in [-0.05, 0) is 43.9 Å². The summed E-state index contributed by atoms with van der Waals surface area (Å²) in [5.41, 5.74) is 2.76. The van der Waals surface area contributed by atoms with E-state index in [0.29, 0.717) is 32.9 Å². The number of hydrogen-bond donors (Lipinski definition) is 0. The summed E-state index contributed by atoms with van der Waals surface area (Å²) in [4.78, 5) is 62.2. The van der Waals surface area contributed by atoms with Gasteiger partial charge in [-0.3, -0.25) is 23.9 Å². The fraction of sp³-hybridized carbons (Fsp3) is 0.206. The number of fused-ring (bicyclic) bond motifs is 2. The highest BCUT2D eigenvalue weighted by Gasteiger charge is 2.39. The van der Waals surface area contributed by atoms with Crippen LogP contribution in [0.3, 0.4) is 0 Å². The van der Waals surface area contributed by atoms with Gasteiger partial charge in [0, 0.05) is 16.0 Å². The van der Waals surface area contributed by atoms with E-state index in [1.165, 1.54) is 9.47 Å². The Balaban J connectivity index is 1.65. The van der Waals surface area contributed by atoms with Crippen molar-refractivity contribution in [1.82, 2.24) is 4.57 Å². The standard InChI is InChI=1S/C34H29N3O6S2/c1-4-42-25(38)19-36-24-14-10-9-13-23(24)26(31(36)39)30-32(40)37-29(21-15-17-22(44-3)18-16-21)27(33(41)43-5-2)28(35-34(37)45-30)20-11-7-6-8-12-20/h6-18,29H,4-5,19H2,1-3H3/b30-26+/t29-/m0/s1. The van der Waals surface area contributed by atoms with Gasteiger partial charge in [0.25, 0.3) is 11.5 Å². The van der Waals surface area contributed by atoms with Crippen molar-refractivity contribution in [1.29, 1.82) is 0 Å². The Morgan fingerprint density at radius 3 is 2.29 bits per heavy atom. The maximum Gasteiger partial charge on any atom is 0.338 e. The lowest BCUT2D eigenvalue weighted by atomic mass is 9.93. The molecule has 9 nitrogen and oxygen atoms in total. The maximum atomic E-state index is 14.5. The molecule has 0 saturated heterocycles. The van der Waals surface area contributed by atoms with E-state index in [1.807, 2.05) is 60.9 Å². The second kappa shape index (κ2) is 12.7. The first-order valence-corrected chi connectivity index (χ1v) is 16.4. The van der Waals surface area contributed by atoms with Crippen molar-refractivity contribution in [3.05, 3.63) is 121 Å². The summed E-state index contributed by atoms with van der Waals surface area (Å²) >= 11 is 2.66. The third kappa shape index (κ3) is 5.42. The molecule has 45 heavy (non-hydrogen) atoms. The van der Waals surface area contributed by atoms with Crippen molar-refractivity contribution in [2.24, 2.45) is 4.99 Å². The van der Waals surface area contributed by atoms with E-state index in [0.717, 1.165) is 16.2 Å². The van der Waals surface area contributed by atoms with Crippen molar-refractivity contribution in [2.45, 2.75) is 24.8 Å². The number of hydrogen-bond acceptors (Lipinski definition) is 9. The van der Waals surface area contributed by atoms with Gasteiger partial charge in [-0.1, -0.05) is 72.0 Å². The molecule has 0 bridgehead atoms. The average Bonchev–Trinajstić information content (AvgIpc) is 3.52. The minimum atomic E-state index is -0.872. The Hall–Kier alpha value is -4.74. The van der Waals surface area contributed by atoms with Gasteiger partial charge in [0.1, 0.15) is 11.1 Å². The molecule has 11 heteroatoms. The number of aromatic nitrogens is 1. The first kappa shape index (κ1) is 30.3. The van der Waals surface area contributed by atoms with Crippen LogP contribution in [0, 0.1) is 0 Å². The summed E-state index contributed by atoms with van der Waals surface area (Å²) in [7, 11) is 0. The molecule has 0 fully saturated rings. The monoisotopic (exact) mass is 639 g/mol. The fourth-order valence-corrected chi connectivity index (χ4v) is 7.08. The zero-order chi connectivity index (χ0) is 31.7. The minimum absolute atomic E-state index is 0.138. The van der Waals surface area contributed by atoms with E-state index in [4.69, 9.17) is 14.5 Å². The lowest BCUT2D eigenvalue weighted by molar-refractivity contribution is -0.142. The molecular formula is C34H29N3O6S2. The maximum absolute atomic E-state index is 14.5. The molecule has 2 aliphatic heterocycles. The van der Waals surface area contributed by atoms with E-state index in [2.05, 4.69) is 0 Å². The van der Waals surface area contributed by atoms with Crippen LogP contribution in [0.2, 0.25) is 0 Å². The summed E-state index contributed by atoms with van der Waals surface area (Å²) in [6, 6.07) is 23.1. The molecule has 0 aliphatic carbocycles. The van der Waals surface area contributed by atoms with Gasteiger partial charge in [-0.25, -0.2) is 9.79 Å². The van der Waals surface area contributed by atoms with Gasteiger partial charge in [0.05, 0.1) is 41.8 Å². The molecule has 4 aromatic rings. The van der Waals surface area contributed by atoms with Crippen LogP contribution in [-0.2, 0) is 23.9 Å². The third-order valence-corrected chi connectivity index (χ3v) is 9.32. The van der Waals surface area contributed by atoms with Crippen LogP contribution >= 0.6 is 23.1 Å². The Morgan fingerprint density at radius 2 is 1.60 bits per heavy atom. The number of thiazole rings is 1. The number of benzene rings is 3. The minimum Gasteiger partial charge on any atom is -0.465 e.